The number of carbonyl (C=O) groups excluding carboxylic acids is 1. The highest BCUT2D eigenvalue weighted by Crippen LogP contribution is 2.22. The van der Waals surface area contributed by atoms with Crippen molar-refractivity contribution < 1.29 is 9.90 Å². The summed E-state index contributed by atoms with van der Waals surface area (Å²) in [6.45, 7) is 1.86. The number of hydrogen-bond acceptors (Lipinski definition) is 4. The van der Waals surface area contributed by atoms with Crippen molar-refractivity contribution in [3.05, 3.63) is 40.3 Å². The van der Waals surface area contributed by atoms with Gasteiger partial charge in [-0.1, -0.05) is 6.07 Å². The lowest BCUT2D eigenvalue weighted by Crippen LogP contribution is -2.25. The summed E-state index contributed by atoms with van der Waals surface area (Å²) in [6, 6.07) is 6.59. The highest BCUT2D eigenvalue weighted by Gasteiger charge is 2.15. The van der Waals surface area contributed by atoms with Crippen LogP contribution in [0, 0.1) is 6.92 Å². The summed E-state index contributed by atoms with van der Waals surface area (Å²) in [4.78, 5) is 18.2. The third-order valence-electron chi connectivity index (χ3n) is 2.35. The topological polar surface area (TPSA) is 53.4 Å². The molecule has 5 heteroatoms. The van der Waals surface area contributed by atoms with Gasteiger partial charge in [-0.25, -0.2) is 4.98 Å². The number of benzene rings is 1. The van der Waals surface area contributed by atoms with Crippen molar-refractivity contribution >= 4 is 22.9 Å². The van der Waals surface area contributed by atoms with Gasteiger partial charge in [-0.15, -0.1) is 11.3 Å². The third-order valence-corrected chi connectivity index (χ3v) is 3.25. The Morgan fingerprint density at radius 1 is 1.47 bits per heavy atom. The molecule has 0 saturated heterocycles. The van der Waals surface area contributed by atoms with Crippen LogP contribution in [0.2, 0.25) is 0 Å². The number of thiazole rings is 1. The van der Waals surface area contributed by atoms with Crippen LogP contribution in [0.15, 0.2) is 30.5 Å². The molecule has 0 fully saturated rings. The van der Waals surface area contributed by atoms with Gasteiger partial charge < -0.3 is 10.0 Å². The van der Waals surface area contributed by atoms with Gasteiger partial charge in [-0.2, -0.15) is 0 Å². The standard InChI is InChI=1S/C12H12N2O2S/c1-8-13-7-11(17-8)12(16)14(2)9-4-3-5-10(15)6-9/h3-7,15H,1-2H3. The Bertz CT molecular complexity index is 551. The number of aryl methyl sites for hydroxylation is 1. The Morgan fingerprint density at radius 2 is 2.24 bits per heavy atom. The van der Waals surface area contributed by atoms with Crippen LogP contribution in [0.25, 0.3) is 0 Å². The Hall–Kier alpha value is -1.88. The lowest BCUT2D eigenvalue weighted by molar-refractivity contribution is 0.0996. The predicted octanol–water partition coefficient (Wildman–Crippen LogP) is 2.43. The first-order valence-corrected chi connectivity index (χ1v) is 5.89. The molecule has 0 aliphatic carbocycles. The van der Waals surface area contributed by atoms with Gasteiger partial charge in [0.15, 0.2) is 0 Å². The number of amides is 1. The Balaban J connectivity index is 2.26. The summed E-state index contributed by atoms with van der Waals surface area (Å²) >= 11 is 1.36. The molecule has 0 aliphatic heterocycles. The van der Waals surface area contributed by atoms with Crippen LogP contribution >= 0.6 is 11.3 Å². The number of anilines is 1. The number of nitrogens with zero attached hydrogens (tertiary/aromatic N) is 2. The zero-order chi connectivity index (χ0) is 12.4. The van der Waals surface area contributed by atoms with Crippen molar-refractivity contribution in [3.63, 3.8) is 0 Å². The van der Waals surface area contributed by atoms with E-state index in [1.807, 2.05) is 6.92 Å². The molecule has 2 aromatic rings. The molecule has 4 nitrogen and oxygen atoms in total. The molecule has 17 heavy (non-hydrogen) atoms. The van der Waals surface area contributed by atoms with Crippen LogP contribution in [-0.2, 0) is 0 Å². The first kappa shape index (κ1) is 11.6. The molecule has 88 valence electrons. The maximum atomic E-state index is 12.1. The number of carbonyl (C=O) groups is 1. The van der Waals surface area contributed by atoms with E-state index in [1.165, 1.54) is 16.2 Å². The van der Waals surface area contributed by atoms with Crippen LogP contribution in [-0.4, -0.2) is 23.0 Å². The van der Waals surface area contributed by atoms with E-state index in [2.05, 4.69) is 4.98 Å². The van der Waals surface area contributed by atoms with Crippen LogP contribution in [0.3, 0.4) is 0 Å². The van der Waals surface area contributed by atoms with E-state index in [9.17, 15) is 9.90 Å². The Morgan fingerprint density at radius 3 is 2.82 bits per heavy atom. The second-order valence-electron chi connectivity index (χ2n) is 3.63. The molecule has 2 rings (SSSR count). The van der Waals surface area contributed by atoms with Gasteiger partial charge in [-0.05, 0) is 19.1 Å². The van der Waals surface area contributed by atoms with Gasteiger partial charge in [0, 0.05) is 18.8 Å². The first-order valence-electron chi connectivity index (χ1n) is 5.07. The van der Waals surface area contributed by atoms with E-state index >= 15 is 0 Å². The minimum Gasteiger partial charge on any atom is -0.508 e. The van der Waals surface area contributed by atoms with Crippen LogP contribution in [0.1, 0.15) is 14.7 Å². The van der Waals surface area contributed by atoms with Gasteiger partial charge in [-0.3, -0.25) is 4.79 Å². The van der Waals surface area contributed by atoms with Crippen molar-refractivity contribution in [2.45, 2.75) is 6.92 Å². The Kier molecular flexibility index (Phi) is 3.10. The normalized spacial score (nSPS) is 10.2. The van der Waals surface area contributed by atoms with Gasteiger partial charge in [0.1, 0.15) is 10.6 Å². The molecule has 1 N–H and O–H groups in total. The van der Waals surface area contributed by atoms with Crippen molar-refractivity contribution in [2.75, 3.05) is 11.9 Å². The van der Waals surface area contributed by atoms with Crippen molar-refractivity contribution in [1.82, 2.24) is 4.98 Å². The molecule has 1 aromatic heterocycles. The molecule has 0 atom stereocenters. The second kappa shape index (κ2) is 4.55. The molecular weight excluding hydrogens is 236 g/mol. The second-order valence-corrected chi connectivity index (χ2v) is 4.86. The fraction of sp³-hybridized carbons (Fsp3) is 0.167. The molecule has 0 saturated carbocycles. The minimum atomic E-state index is -0.124. The molecular formula is C12H12N2O2S. The summed E-state index contributed by atoms with van der Waals surface area (Å²) in [5.41, 5.74) is 0.654. The third kappa shape index (κ3) is 2.45. The van der Waals surface area contributed by atoms with Gasteiger partial charge in [0.2, 0.25) is 0 Å². The number of rotatable bonds is 2. The van der Waals surface area contributed by atoms with Gasteiger partial charge >= 0.3 is 0 Å². The lowest BCUT2D eigenvalue weighted by atomic mass is 10.2. The lowest BCUT2D eigenvalue weighted by Gasteiger charge is -2.16. The SMILES string of the molecule is Cc1ncc(C(=O)N(C)c2cccc(O)c2)s1. The number of phenolic OH excluding ortho intramolecular Hbond substituents is 1. The zero-order valence-electron chi connectivity index (χ0n) is 9.54. The fourth-order valence-corrected chi connectivity index (χ4v) is 2.20. The van der Waals surface area contributed by atoms with E-state index in [4.69, 9.17) is 0 Å². The fourth-order valence-electron chi connectivity index (χ4n) is 1.44. The molecule has 1 amide bonds. The predicted molar refractivity (Wildman–Crippen MR) is 67.7 cm³/mol. The Labute approximate surface area is 103 Å². The van der Waals surface area contributed by atoms with E-state index in [0.717, 1.165) is 5.01 Å². The summed E-state index contributed by atoms with van der Waals surface area (Å²) < 4.78 is 0. The van der Waals surface area contributed by atoms with E-state index in [-0.39, 0.29) is 11.7 Å². The van der Waals surface area contributed by atoms with Crippen molar-refractivity contribution in [2.24, 2.45) is 0 Å². The molecule has 0 bridgehead atoms. The number of aromatic nitrogens is 1. The summed E-state index contributed by atoms with van der Waals surface area (Å²) in [5.74, 6) is 0.0174. The maximum absolute atomic E-state index is 12.1. The molecule has 0 radical (unpaired) electrons. The monoisotopic (exact) mass is 248 g/mol. The molecule has 0 aliphatic rings. The molecule has 1 aromatic carbocycles. The van der Waals surface area contributed by atoms with Crippen molar-refractivity contribution in [1.29, 1.82) is 0 Å². The average Bonchev–Trinajstić information content (AvgIpc) is 2.74. The number of aromatic hydroxyl groups is 1. The van der Waals surface area contributed by atoms with Crippen molar-refractivity contribution in [3.8, 4) is 5.75 Å². The molecule has 0 unspecified atom stereocenters. The van der Waals surface area contributed by atoms with Gasteiger partial charge in [0.25, 0.3) is 5.91 Å². The van der Waals surface area contributed by atoms with Crippen LogP contribution in [0.5, 0.6) is 5.75 Å². The summed E-state index contributed by atoms with van der Waals surface area (Å²) in [5, 5.41) is 10.2. The summed E-state index contributed by atoms with van der Waals surface area (Å²) in [6.07, 6.45) is 1.57. The molecule has 1 heterocycles. The number of hydrogen-bond donors (Lipinski definition) is 1. The van der Waals surface area contributed by atoms with E-state index < -0.39 is 0 Å². The summed E-state index contributed by atoms with van der Waals surface area (Å²) in [7, 11) is 1.67. The van der Waals surface area contributed by atoms with Gasteiger partial charge in [0.05, 0.1) is 11.2 Å². The van der Waals surface area contributed by atoms with E-state index in [0.29, 0.717) is 10.6 Å². The minimum absolute atomic E-state index is 0.124. The largest absolute Gasteiger partial charge is 0.508 e. The zero-order valence-corrected chi connectivity index (χ0v) is 10.4. The highest BCUT2D eigenvalue weighted by molar-refractivity contribution is 7.13. The number of phenols is 1. The van der Waals surface area contributed by atoms with Crippen LogP contribution < -0.4 is 4.90 Å². The maximum Gasteiger partial charge on any atom is 0.269 e. The first-order chi connectivity index (χ1) is 8.08. The average molecular weight is 248 g/mol. The quantitative estimate of drug-likeness (QED) is 0.888. The van der Waals surface area contributed by atoms with Crippen LogP contribution in [0.4, 0.5) is 5.69 Å². The molecule has 0 spiro atoms. The van der Waals surface area contributed by atoms with E-state index in [1.54, 1.807) is 37.5 Å². The highest BCUT2D eigenvalue weighted by atomic mass is 32.1. The smallest absolute Gasteiger partial charge is 0.269 e.